The molecule has 27 heavy (non-hydrogen) atoms. The second-order valence-electron chi connectivity index (χ2n) is 6.21. The van der Waals surface area contributed by atoms with Gasteiger partial charge in [0.1, 0.15) is 16.5 Å². The molecule has 0 aliphatic carbocycles. The number of thiophene rings is 1. The summed E-state index contributed by atoms with van der Waals surface area (Å²) in [5, 5.41) is 15.4. The van der Waals surface area contributed by atoms with Crippen LogP contribution in [-0.2, 0) is 11.2 Å². The Balaban J connectivity index is 1.75. The zero-order chi connectivity index (χ0) is 18.8. The van der Waals surface area contributed by atoms with E-state index in [9.17, 15) is 4.79 Å². The van der Waals surface area contributed by atoms with Gasteiger partial charge >= 0.3 is 5.97 Å². The first kappa shape index (κ1) is 17.2. The van der Waals surface area contributed by atoms with Crippen molar-refractivity contribution < 1.29 is 9.90 Å². The van der Waals surface area contributed by atoms with E-state index in [4.69, 9.17) is 5.11 Å². The van der Waals surface area contributed by atoms with Crippen molar-refractivity contribution in [2.75, 3.05) is 5.32 Å². The normalized spacial score (nSPS) is 10.9. The minimum absolute atomic E-state index is 0.0137. The quantitative estimate of drug-likeness (QED) is 0.511. The summed E-state index contributed by atoms with van der Waals surface area (Å²) in [6.45, 7) is 1.88. The molecule has 0 fully saturated rings. The number of carboxylic acid groups (broad SMARTS) is 1. The number of nitrogens with one attached hydrogen (secondary N) is 1. The van der Waals surface area contributed by atoms with Crippen LogP contribution in [0.5, 0.6) is 0 Å². The minimum atomic E-state index is -0.838. The molecular weight excluding hydrogens is 358 g/mol. The summed E-state index contributed by atoms with van der Waals surface area (Å²) in [7, 11) is 0. The second-order valence-corrected chi connectivity index (χ2v) is 7.07. The Labute approximate surface area is 160 Å². The van der Waals surface area contributed by atoms with E-state index in [1.165, 1.54) is 0 Å². The number of carbonyl (C=O) groups is 1. The first-order chi connectivity index (χ1) is 13.1. The van der Waals surface area contributed by atoms with Crippen molar-refractivity contribution in [2.24, 2.45) is 0 Å². The van der Waals surface area contributed by atoms with Gasteiger partial charge in [0.2, 0.25) is 0 Å². The number of aliphatic carboxylic acids is 1. The lowest BCUT2D eigenvalue weighted by Gasteiger charge is -2.10. The fraction of sp³-hybridized carbons (Fsp3) is 0.0952. The maximum absolute atomic E-state index is 10.8. The van der Waals surface area contributed by atoms with Crippen molar-refractivity contribution in [3.05, 3.63) is 71.4 Å². The number of nitrogens with zero attached hydrogens (tertiary/aromatic N) is 2. The molecule has 0 aliphatic rings. The van der Waals surface area contributed by atoms with Crippen molar-refractivity contribution in [1.29, 1.82) is 0 Å². The van der Waals surface area contributed by atoms with Crippen LogP contribution in [0.25, 0.3) is 21.3 Å². The molecule has 134 valence electrons. The number of anilines is 2. The highest BCUT2D eigenvalue weighted by Crippen LogP contribution is 2.37. The van der Waals surface area contributed by atoms with Crippen LogP contribution < -0.4 is 5.32 Å². The number of hydrogen-bond acceptors (Lipinski definition) is 5. The molecule has 0 amide bonds. The van der Waals surface area contributed by atoms with Crippen LogP contribution in [0, 0.1) is 6.92 Å². The molecule has 0 aliphatic heterocycles. The van der Waals surface area contributed by atoms with Gasteiger partial charge in [0.25, 0.3) is 0 Å². The summed E-state index contributed by atoms with van der Waals surface area (Å²) in [5.74, 6) is 0.618. The summed E-state index contributed by atoms with van der Waals surface area (Å²) in [6, 6.07) is 17.5. The predicted octanol–water partition coefficient (Wildman–Crippen LogP) is 5.04. The highest BCUT2D eigenvalue weighted by Gasteiger charge is 2.14. The van der Waals surface area contributed by atoms with Gasteiger partial charge in [-0.3, -0.25) is 4.79 Å². The number of rotatable bonds is 5. The monoisotopic (exact) mass is 375 g/mol. The Bertz CT molecular complexity index is 1110. The lowest BCUT2D eigenvalue weighted by atomic mass is 10.1. The molecule has 2 N–H and O–H groups in total. The summed E-state index contributed by atoms with van der Waals surface area (Å²) >= 11 is 1.60. The molecule has 0 spiro atoms. The fourth-order valence-electron chi connectivity index (χ4n) is 2.99. The molecule has 0 bridgehead atoms. The van der Waals surface area contributed by atoms with Crippen molar-refractivity contribution in [3.63, 3.8) is 0 Å². The highest BCUT2D eigenvalue weighted by molar-refractivity contribution is 7.17. The third-order valence-electron chi connectivity index (χ3n) is 4.20. The molecule has 0 saturated heterocycles. The summed E-state index contributed by atoms with van der Waals surface area (Å²) < 4.78 is 0. The van der Waals surface area contributed by atoms with E-state index in [1.54, 1.807) is 11.3 Å². The molecule has 6 heteroatoms. The van der Waals surface area contributed by atoms with Gasteiger partial charge in [-0.1, -0.05) is 42.5 Å². The van der Waals surface area contributed by atoms with E-state index in [0.29, 0.717) is 5.82 Å². The average Bonchev–Trinajstić information content (AvgIpc) is 3.07. The molecule has 0 unspecified atom stereocenters. The Morgan fingerprint density at radius 1 is 1.07 bits per heavy atom. The van der Waals surface area contributed by atoms with E-state index in [-0.39, 0.29) is 6.42 Å². The Morgan fingerprint density at radius 2 is 1.81 bits per heavy atom. The van der Waals surface area contributed by atoms with Crippen molar-refractivity contribution in [3.8, 4) is 11.1 Å². The van der Waals surface area contributed by atoms with Crippen LogP contribution >= 0.6 is 11.3 Å². The minimum Gasteiger partial charge on any atom is -0.481 e. The molecular formula is C21H17N3O2S. The molecule has 0 radical (unpaired) electrons. The largest absolute Gasteiger partial charge is 0.481 e. The standard InChI is InChI=1S/C21H17N3O2S/c1-13-22-20(24-16-9-7-14(8-10-16)11-18(25)26)19-17(12-27-21(19)23-13)15-5-3-2-4-6-15/h2-10,12H,11H2,1H3,(H,25,26)(H,22,23,24). The Morgan fingerprint density at radius 3 is 2.52 bits per heavy atom. The van der Waals surface area contributed by atoms with Gasteiger partial charge in [-0.25, -0.2) is 9.97 Å². The number of aromatic nitrogens is 2. The number of fused-ring (bicyclic) bond motifs is 1. The molecule has 4 rings (SSSR count). The predicted molar refractivity (Wildman–Crippen MR) is 109 cm³/mol. The van der Waals surface area contributed by atoms with Crippen LogP contribution in [0.1, 0.15) is 11.4 Å². The first-order valence-corrected chi connectivity index (χ1v) is 9.37. The van der Waals surface area contributed by atoms with Gasteiger partial charge in [0.05, 0.1) is 11.8 Å². The second kappa shape index (κ2) is 7.17. The molecule has 2 aromatic carbocycles. The molecule has 2 heterocycles. The van der Waals surface area contributed by atoms with Gasteiger partial charge in [-0.05, 0) is 30.2 Å². The lowest BCUT2D eigenvalue weighted by molar-refractivity contribution is -0.136. The maximum atomic E-state index is 10.8. The molecule has 0 saturated carbocycles. The van der Waals surface area contributed by atoms with Gasteiger partial charge in [0, 0.05) is 16.6 Å². The van der Waals surface area contributed by atoms with Crippen molar-refractivity contribution in [1.82, 2.24) is 9.97 Å². The molecule has 5 nitrogen and oxygen atoms in total. The van der Waals surface area contributed by atoms with E-state index in [1.807, 2.05) is 49.4 Å². The number of benzene rings is 2. The maximum Gasteiger partial charge on any atom is 0.307 e. The SMILES string of the molecule is Cc1nc(Nc2ccc(CC(=O)O)cc2)c2c(-c3ccccc3)csc2n1. The van der Waals surface area contributed by atoms with Crippen LogP contribution in [0.3, 0.4) is 0 Å². The highest BCUT2D eigenvalue weighted by atomic mass is 32.1. The van der Waals surface area contributed by atoms with Gasteiger partial charge in [0.15, 0.2) is 0 Å². The van der Waals surface area contributed by atoms with E-state index in [0.717, 1.165) is 38.4 Å². The molecule has 2 aromatic heterocycles. The lowest BCUT2D eigenvalue weighted by Crippen LogP contribution is -2.01. The average molecular weight is 375 g/mol. The van der Waals surface area contributed by atoms with Gasteiger partial charge in [-0.2, -0.15) is 0 Å². The van der Waals surface area contributed by atoms with Gasteiger partial charge < -0.3 is 10.4 Å². The number of aryl methyl sites for hydroxylation is 1. The van der Waals surface area contributed by atoms with Crippen molar-refractivity contribution in [2.45, 2.75) is 13.3 Å². The van der Waals surface area contributed by atoms with E-state index >= 15 is 0 Å². The Hall–Kier alpha value is -3.25. The van der Waals surface area contributed by atoms with E-state index in [2.05, 4.69) is 32.8 Å². The van der Waals surface area contributed by atoms with Crippen molar-refractivity contribution >= 4 is 39.0 Å². The zero-order valence-electron chi connectivity index (χ0n) is 14.6. The zero-order valence-corrected chi connectivity index (χ0v) is 15.5. The third kappa shape index (κ3) is 3.66. The van der Waals surface area contributed by atoms with Gasteiger partial charge in [-0.15, -0.1) is 11.3 Å². The van der Waals surface area contributed by atoms with Crippen LogP contribution in [0.4, 0.5) is 11.5 Å². The molecule has 4 aromatic rings. The smallest absolute Gasteiger partial charge is 0.307 e. The summed E-state index contributed by atoms with van der Waals surface area (Å²) in [5.41, 5.74) is 3.84. The molecule has 0 atom stereocenters. The third-order valence-corrected chi connectivity index (χ3v) is 5.07. The first-order valence-electron chi connectivity index (χ1n) is 8.49. The summed E-state index contributed by atoms with van der Waals surface area (Å²) in [6.07, 6.45) is 0.0137. The fourth-order valence-corrected chi connectivity index (χ4v) is 3.98. The van der Waals surface area contributed by atoms with Crippen LogP contribution in [0.15, 0.2) is 60.0 Å². The Kier molecular flexibility index (Phi) is 4.56. The number of hydrogen-bond donors (Lipinski definition) is 2. The van der Waals surface area contributed by atoms with Crippen LogP contribution in [-0.4, -0.2) is 21.0 Å². The summed E-state index contributed by atoms with van der Waals surface area (Å²) in [4.78, 5) is 21.0. The van der Waals surface area contributed by atoms with Crippen LogP contribution in [0.2, 0.25) is 0 Å². The van der Waals surface area contributed by atoms with E-state index < -0.39 is 5.97 Å². The topological polar surface area (TPSA) is 75.1 Å². The number of carboxylic acids is 1.